The van der Waals surface area contributed by atoms with Crippen LogP contribution in [-0.4, -0.2) is 28.6 Å². The Morgan fingerprint density at radius 2 is 2.35 bits per heavy atom. The molecule has 0 N–H and O–H groups in total. The van der Waals surface area contributed by atoms with Crippen molar-refractivity contribution in [2.24, 2.45) is 0 Å². The summed E-state index contributed by atoms with van der Waals surface area (Å²) in [4.78, 5) is 25.1. The lowest BCUT2D eigenvalue weighted by atomic mass is 10.3. The van der Waals surface area contributed by atoms with E-state index in [0.717, 1.165) is 0 Å². The van der Waals surface area contributed by atoms with E-state index < -0.39 is 17.0 Å². The van der Waals surface area contributed by atoms with Crippen molar-refractivity contribution in [1.82, 2.24) is 4.98 Å². The van der Waals surface area contributed by atoms with Crippen LogP contribution in [0.1, 0.15) is 12.1 Å². The van der Waals surface area contributed by atoms with Crippen LogP contribution in [0, 0.1) is 17.0 Å². The van der Waals surface area contributed by atoms with Crippen LogP contribution < -0.4 is 4.74 Å². The Morgan fingerprint density at radius 3 is 2.94 bits per heavy atom. The number of esters is 1. The molecule has 1 aliphatic rings. The molecule has 2 heterocycles. The molecule has 7 heteroatoms. The zero-order valence-corrected chi connectivity index (χ0v) is 9.08. The zero-order chi connectivity index (χ0) is 12.4. The Hall–Kier alpha value is -2.18. The number of nitro groups is 1. The third-order valence-corrected chi connectivity index (χ3v) is 2.31. The van der Waals surface area contributed by atoms with Crippen molar-refractivity contribution in [3.63, 3.8) is 0 Å². The molecule has 0 aromatic carbocycles. The minimum Gasteiger partial charge on any atom is -0.470 e. The number of rotatable bonds is 3. The van der Waals surface area contributed by atoms with Crippen LogP contribution in [0.4, 0.5) is 5.82 Å². The minimum atomic E-state index is -0.779. The summed E-state index contributed by atoms with van der Waals surface area (Å²) in [5, 5.41) is 10.8. The van der Waals surface area contributed by atoms with Crippen molar-refractivity contribution in [2.75, 3.05) is 6.61 Å². The second-order valence-corrected chi connectivity index (χ2v) is 3.59. The lowest BCUT2D eigenvalue weighted by molar-refractivity contribution is -0.390. The van der Waals surface area contributed by atoms with E-state index in [-0.39, 0.29) is 18.2 Å². The van der Waals surface area contributed by atoms with Gasteiger partial charge in [-0.05, 0) is 22.0 Å². The van der Waals surface area contributed by atoms with E-state index >= 15 is 0 Å². The van der Waals surface area contributed by atoms with E-state index in [0.29, 0.717) is 12.1 Å². The number of pyridine rings is 1. The van der Waals surface area contributed by atoms with Crippen molar-refractivity contribution < 1.29 is 19.2 Å². The molecular formula is C10H10N2O5. The fraction of sp³-hybridized carbons (Fsp3) is 0.400. The van der Waals surface area contributed by atoms with Crippen LogP contribution in [0.2, 0.25) is 0 Å². The van der Waals surface area contributed by atoms with Crippen molar-refractivity contribution in [3.05, 3.63) is 27.9 Å². The van der Waals surface area contributed by atoms with E-state index in [4.69, 9.17) is 9.47 Å². The van der Waals surface area contributed by atoms with Gasteiger partial charge in [0.05, 0.1) is 6.61 Å². The van der Waals surface area contributed by atoms with Crippen LogP contribution in [-0.2, 0) is 9.53 Å². The number of carbonyl (C=O) groups excluding carboxylic acids is 1. The molecule has 1 atom stereocenters. The number of aryl methyl sites for hydroxylation is 1. The maximum atomic E-state index is 11.2. The molecule has 0 aliphatic carbocycles. The van der Waals surface area contributed by atoms with Crippen LogP contribution >= 0.6 is 0 Å². The molecule has 1 unspecified atom stereocenters. The minimum absolute atomic E-state index is 0.00977. The van der Waals surface area contributed by atoms with Gasteiger partial charge in [0.25, 0.3) is 0 Å². The highest BCUT2D eigenvalue weighted by molar-refractivity contribution is 5.77. The Labute approximate surface area is 96.5 Å². The first-order chi connectivity index (χ1) is 8.08. The molecule has 1 aromatic rings. The number of nitrogens with zero attached hydrogens (tertiary/aromatic N) is 2. The van der Waals surface area contributed by atoms with Gasteiger partial charge in [0.15, 0.2) is 6.10 Å². The largest absolute Gasteiger partial charge is 0.470 e. The van der Waals surface area contributed by atoms with Gasteiger partial charge in [0.2, 0.25) is 5.75 Å². The van der Waals surface area contributed by atoms with Gasteiger partial charge in [0.1, 0.15) is 5.69 Å². The van der Waals surface area contributed by atoms with Gasteiger partial charge >= 0.3 is 11.8 Å². The normalized spacial score (nSPS) is 18.9. The molecule has 90 valence electrons. The third kappa shape index (κ3) is 2.32. The Morgan fingerprint density at radius 1 is 1.59 bits per heavy atom. The summed E-state index contributed by atoms with van der Waals surface area (Å²) in [5.41, 5.74) is 0.512. The van der Waals surface area contributed by atoms with E-state index in [2.05, 4.69) is 4.98 Å². The number of cyclic esters (lactones) is 1. The fourth-order valence-corrected chi connectivity index (χ4v) is 1.49. The molecule has 7 nitrogen and oxygen atoms in total. The van der Waals surface area contributed by atoms with Crippen molar-refractivity contribution >= 4 is 11.8 Å². The molecule has 1 aliphatic heterocycles. The molecule has 0 amide bonds. The van der Waals surface area contributed by atoms with E-state index in [1.807, 2.05) is 0 Å². The van der Waals surface area contributed by atoms with Crippen LogP contribution in [0.25, 0.3) is 0 Å². The molecule has 1 fully saturated rings. The molecule has 1 saturated heterocycles. The molecular weight excluding hydrogens is 228 g/mol. The molecule has 0 bridgehead atoms. The van der Waals surface area contributed by atoms with Crippen LogP contribution in [0.3, 0.4) is 0 Å². The summed E-state index contributed by atoms with van der Waals surface area (Å²) in [5.74, 6) is -0.894. The maximum absolute atomic E-state index is 11.2. The van der Waals surface area contributed by atoms with Crippen LogP contribution in [0.15, 0.2) is 12.1 Å². The van der Waals surface area contributed by atoms with E-state index in [9.17, 15) is 14.9 Å². The molecule has 0 saturated carbocycles. The molecule has 0 spiro atoms. The van der Waals surface area contributed by atoms with Crippen molar-refractivity contribution in [3.8, 4) is 5.75 Å². The van der Waals surface area contributed by atoms with E-state index in [1.165, 1.54) is 6.07 Å². The number of aromatic nitrogens is 1. The molecule has 1 aromatic heterocycles. The summed E-state index contributed by atoms with van der Waals surface area (Å²) in [6.45, 7) is 1.91. The summed E-state index contributed by atoms with van der Waals surface area (Å²) in [6, 6.07) is 3.02. The van der Waals surface area contributed by atoms with Gasteiger partial charge in [-0.2, -0.15) is 0 Å². The highest BCUT2D eigenvalue weighted by Gasteiger charge is 2.31. The predicted molar refractivity (Wildman–Crippen MR) is 55.6 cm³/mol. The second kappa shape index (κ2) is 4.36. The lowest BCUT2D eigenvalue weighted by Crippen LogP contribution is -2.22. The first-order valence-electron chi connectivity index (χ1n) is 5.03. The van der Waals surface area contributed by atoms with E-state index in [1.54, 1.807) is 13.0 Å². The first-order valence-corrected chi connectivity index (χ1v) is 5.03. The Bertz CT molecular complexity index is 474. The number of hydrogen-bond acceptors (Lipinski definition) is 6. The monoisotopic (exact) mass is 238 g/mol. The smallest absolute Gasteiger partial charge is 0.406 e. The fourth-order valence-electron chi connectivity index (χ4n) is 1.49. The summed E-state index contributed by atoms with van der Waals surface area (Å²) >= 11 is 0. The average molecular weight is 238 g/mol. The quantitative estimate of drug-likeness (QED) is 0.443. The highest BCUT2D eigenvalue weighted by Crippen LogP contribution is 2.27. The molecule has 17 heavy (non-hydrogen) atoms. The number of carbonyl (C=O) groups is 1. The average Bonchev–Trinajstić information content (AvgIpc) is 2.67. The van der Waals surface area contributed by atoms with Gasteiger partial charge in [-0.15, -0.1) is 0 Å². The van der Waals surface area contributed by atoms with Gasteiger partial charge in [-0.1, -0.05) is 0 Å². The van der Waals surface area contributed by atoms with Gasteiger partial charge in [-0.25, -0.2) is 4.79 Å². The van der Waals surface area contributed by atoms with Crippen molar-refractivity contribution in [1.29, 1.82) is 0 Å². The maximum Gasteiger partial charge on any atom is 0.406 e. The van der Waals surface area contributed by atoms with Crippen LogP contribution in [0.5, 0.6) is 5.75 Å². The Kier molecular flexibility index (Phi) is 2.90. The highest BCUT2D eigenvalue weighted by atomic mass is 16.6. The molecule has 2 rings (SSSR count). The first kappa shape index (κ1) is 11.3. The SMILES string of the molecule is Cc1ccc(OC2CCOC2=O)c([N+](=O)[O-])n1. The summed E-state index contributed by atoms with van der Waals surface area (Å²) in [7, 11) is 0. The molecule has 0 radical (unpaired) electrons. The zero-order valence-electron chi connectivity index (χ0n) is 9.08. The predicted octanol–water partition coefficient (Wildman–Crippen LogP) is 0.993. The number of ether oxygens (including phenoxy) is 2. The summed E-state index contributed by atoms with van der Waals surface area (Å²) < 4.78 is 9.96. The number of hydrogen-bond donors (Lipinski definition) is 0. The Balaban J connectivity index is 2.25. The lowest BCUT2D eigenvalue weighted by Gasteiger charge is -2.09. The van der Waals surface area contributed by atoms with Gasteiger partial charge < -0.3 is 19.6 Å². The third-order valence-electron chi connectivity index (χ3n) is 2.31. The summed E-state index contributed by atoms with van der Waals surface area (Å²) in [6.07, 6.45) is -0.387. The topological polar surface area (TPSA) is 91.6 Å². The van der Waals surface area contributed by atoms with Crippen molar-refractivity contribution in [2.45, 2.75) is 19.4 Å². The van der Waals surface area contributed by atoms with Gasteiger partial charge in [-0.3, -0.25) is 0 Å². The standard InChI is InChI=1S/C10H10N2O5/c1-6-2-3-7(9(11-6)12(14)15)17-8-4-5-16-10(8)13/h2-3,8H,4-5H2,1H3. The van der Waals surface area contributed by atoms with Gasteiger partial charge in [0, 0.05) is 13.3 Å². The second-order valence-electron chi connectivity index (χ2n) is 3.59.